The van der Waals surface area contributed by atoms with Crippen molar-refractivity contribution in [3.05, 3.63) is 40.8 Å². The SMILES string of the molecule is CNC(=O)c1ccc(N)c(NCc2c(C)noc2C)c1. The van der Waals surface area contributed by atoms with Crippen LogP contribution in [-0.4, -0.2) is 18.1 Å². The number of hydrogen-bond acceptors (Lipinski definition) is 5. The average molecular weight is 274 g/mol. The van der Waals surface area contributed by atoms with Gasteiger partial charge in [-0.2, -0.15) is 0 Å². The summed E-state index contributed by atoms with van der Waals surface area (Å²) in [6, 6.07) is 5.13. The van der Waals surface area contributed by atoms with Crippen LogP contribution in [0.5, 0.6) is 0 Å². The van der Waals surface area contributed by atoms with Crippen LogP contribution in [0.2, 0.25) is 0 Å². The molecule has 106 valence electrons. The molecule has 6 heteroatoms. The van der Waals surface area contributed by atoms with Gasteiger partial charge in [-0.05, 0) is 32.0 Å². The van der Waals surface area contributed by atoms with E-state index in [1.165, 1.54) is 0 Å². The first-order chi connectivity index (χ1) is 9.52. The Morgan fingerprint density at radius 3 is 2.75 bits per heavy atom. The Balaban J connectivity index is 2.19. The summed E-state index contributed by atoms with van der Waals surface area (Å²) in [5.74, 6) is 0.626. The van der Waals surface area contributed by atoms with E-state index in [1.54, 1.807) is 25.2 Å². The maximum absolute atomic E-state index is 11.6. The Morgan fingerprint density at radius 1 is 1.40 bits per heavy atom. The Labute approximate surface area is 117 Å². The normalized spacial score (nSPS) is 10.3. The van der Waals surface area contributed by atoms with Crippen molar-refractivity contribution >= 4 is 17.3 Å². The summed E-state index contributed by atoms with van der Waals surface area (Å²) in [6.07, 6.45) is 0. The van der Waals surface area contributed by atoms with Gasteiger partial charge in [-0.15, -0.1) is 0 Å². The highest BCUT2D eigenvalue weighted by Crippen LogP contribution is 2.22. The predicted molar refractivity (Wildman–Crippen MR) is 77.5 cm³/mol. The summed E-state index contributed by atoms with van der Waals surface area (Å²) in [5, 5.41) is 9.69. The van der Waals surface area contributed by atoms with Gasteiger partial charge in [0, 0.05) is 24.7 Å². The van der Waals surface area contributed by atoms with E-state index < -0.39 is 0 Å². The van der Waals surface area contributed by atoms with E-state index in [9.17, 15) is 4.79 Å². The third kappa shape index (κ3) is 2.74. The number of nitrogen functional groups attached to an aromatic ring is 1. The van der Waals surface area contributed by atoms with Crippen molar-refractivity contribution in [3.8, 4) is 0 Å². The van der Waals surface area contributed by atoms with Crippen LogP contribution in [0, 0.1) is 13.8 Å². The van der Waals surface area contributed by atoms with Crippen LogP contribution in [0.3, 0.4) is 0 Å². The Morgan fingerprint density at radius 2 is 2.15 bits per heavy atom. The number of aromatic nitrogens is 1. The van der Waals surface area contributed by atoms with E-state index >= 15 is 0 Å². The van der Waals surface area contributed by atoms with Gasteiger partial charge in [0.05, 0.1) is 17.1 Å². The van der Waals surface area contributed by atoms with Crippen LogP contribution in [-0.2, 0) is 6.54 Å². The lowest BCUT2D eigenvalue weighted by Gasteiger charge is -2.10. The minimum absolute atomic E-state index is 0.148. The smallest absolute Gasteiger partial charge is 0.251 e. The number of hydrogen-bond donors (Lipinski definition) is 3. The fourth-order valence-corrected chi connectivity index (χ4v) is 1.93. The van der Waals surface area contributed by atoms with E-state index in [4.69, 9.17) is 10.3 Å². The topological polar surface area (TPSA) is 93.2 Å². The minimum Gasteiger partial charge on any atom is -0.397 e. The summed E-state index contributed by atoms with van der Waals surface area (Å²) in [6.45, 7) is 4.29. The van der Waals surface area contributed by atoms with E-state index in [2.05, 4.69) is 15.8 Å². The zero-order valence-electron chi connectivity index (χ0n) is 11.8. The number of nitrogens with zero attached hydrogens (tertiary/aromatic N) is 1. The molecule has 4 N–H and O–H groups in total. The number of amides is 1. The van der Waals surface area contributed by atoms with Crippen LogP contribution in [0.25, 0.3) is 0 Å². The van der Waals surface area contributed by atoms with Gasteiger partial charge in [0.2, 0.25) is 0 Å². The quantitative estimate of drug-likeness (QED) is 0.740. The number of rotatable bonds is 4. The number of nitrogens with one attached hydrogen (secondary N) is 2. The highest BCUT2D eigenvalue weighted by atomic mass is 16.5. The maximum atomic E-state index is 11.6. The van der Waals surface area contributed by atoms with Gasteiger partial charge in [0.15, 0.2) is 0 Å². The molecule has 1 heterocycles. The van der Waals surface area contributed by atoms with Gasteiger partial charge in [-0.3, -0.25) is 4.79 Å². The van der Waals surface area contributed by atoms with Crippen LogP contribution in [0.1, 0.15) is 27.4 Å². The molecule has 0 aliphatic heterocycles. The molecule has 1 amide bonds. The predicted octanol–water partition coefficient (Wildman–Crippen LogP) is 1.85. The van der Waals surface area contributed by atoms with Crippen LogP contribution >= 0.6 is 0 Å². The zero-order valence-corrected chi connectivity index (χ0v) is 11.8. The van der Waals surface area contributed by atoms with E-state index in [0.717, 1.165) is 17.0 Å². The fraction of sp³-hybridized carbons (Fsp3) is 0.286. The third-order valence-corrected chi connectivity index (χ3v) is 3.18. The van der Waals surface area contributed by atoms with Crippen molar-refractivity contribution in [1.82, 2.24) is 10.5 Å². The summed E-state index contributed by atoms with van der Waals surface area (Å²) >= 11 is 0. The van der Waals surface area contributed by atoms with Crippen molar-refractivity contribution in [3.63, 3.8) is 0 Å². The van der Waals surface area contributed by atoms with Crippen LogP contribution in [0.4, 0.5) is 11.4 Å². The molecule has 0 aliphatic rings. The van der Waals surface area contributed by atoms with Crippen molar-refractivity contribution in [2.45, 2.75) is 20.4 Å². The van der Waals surface area contributed by atoms with Crippen molar-refractivity contribution in [1.29, 1.82) is 0 Å². The van der Waals surface area contributed by atoms with Gasteiger partial charge >= 0.3 is 0 Å². The summed E-state index contributed by atoms with van der Waals surface area (Å²) in [5.41, 5.74) is 9.61. The Hall–Kier alpha value is -2.50. The first-order valence-electron chi connectivity index (χ1n) is 6.30. The van der Waals surface area contributed by atoms with Gasteiger partial charge in [-0.25, -0.2) is 0 Å². The molecule has 0 bridgehead atoms. The Kier molecular flexibility index (Phi) is 3.93. The number of carbonyl (C=O) groups excluding carboxylic acids is 1. The molecule has 2 aromatic rings. The molecule has 0 spiro atoms. The molecule has 6 nitrogen and oxygen atoms in total. The molecule has 1 aromatic carbocycles. The highest BCUT2D eigenvalue weighted by Gasteiger charge is 2.10. The average Bonchev–Trinajstić information content (AvgIpc) is 2.76. The molecule has 0 aliphatic carbocycles. The first kappa shape index (κ1) is 13.9. The molecule has 0 radical (unpaired) electrons. The molecular formula is C14H18N4O2. The van der Waals surface area contributed by atoms with E-state index in [-0.39, 0.29) is 5.91 Å². The van der Waals surface area contributed by atoms with Gasteiger partial charge < -0.3 is 20.9 Å². The summed E-state index contributed by atoms with van der Waals surface area (Å²) in [7, 11) is 1.59. The lowest BCUT2D eigenvalue weighted by atomic mass is 10.1. The number of anilines is 2. The second-order valence-corrected chi connectivity index (χ2v) is 4.54. The lowest BCUT2D eigenvalue weighted by Crippen LogP contribution is -2.18. The minimum atomic E-state index is -0.148. The molecule has 0 fully saturated rings. The molecule has 0 saturated heterocycles. The molecule has 20 heavy (non-hydrogen) atoms. The second kappa shape index (κ2) is 5.64. The molecular weight excluding hydrogens is 256 g/mol. The number of nitrogens with two attached hydrogens (primary N) is 1. The van der Waals surface area contributed by atoms with E-state index in [0.29, 0.717) is 23.5 Å². The zero-order chi connectivity index (χ0) is 14.7. The highest BCUT2D eigenvalue weighted by molar-refractivity contribution is 5.96. The van der Waals surface area contributed by atoms with Crippen molar-refractivity contribution in [2.75, 3.05) is 18.1 Å². The van der Waals surface area contributed by atoms with Crippen LogP contribution < -0.4 is 16.4 Å². The van der Waals surface area contributed by atoms with Crippen molar-refractivity contribution < 1.29 is 9.32 Å². The number of carbonyl (C=O) groups is 1. The second-order valence-electron chi connectivity index (χ2n) is 4.54. The first-order valence-corrected chi connectivity index (χ1v) is 6.30. The summed E-state index contributed by atoms with van der Waals surface area (Å²) < 4.78 is 5.11. The number of benzene rings is 1. The molecule has 0 saturated carbocycles. The van der Waals surface area contributed by atoms with Crippen molar-refractivity contribution in [2.24, 2.45) is 0 Å². The molecule has 0 unspecified atom stereocenters. The van der Waals surface area contributed by atoms with E-state index in [1.807, 2.05) is 13.8 Å². The maximum Gasteiger partial charge on any atom is 0.251 e. The third-order valence-electron chi connectivity index (χ3n) is 3.18. The molecule has 1 aromatic heterocycles. The standard InChI is InChI=1S/C14H18N4O2/c1-8-11(9(2)20-18-8)7-17-13-6-10(14(19)16-3)4-5-12(13)15/h4-6,17H,7,15H2,1-3H3,(H,16,19). The molecule has 2 rings (SSSR count). The summed E-state index contributed by atoms with van der Waals surface area (Å²) in [4.78, 5) is 11.6. The van der Waals surface area contributed by atoms with Crippen LogP contribution in [0.15, 0.2) is 22.7 Å². The van der Waals surface area contributed by atoms with Gasteiger partial charge in [-0.1, -0.05) is 5.16 Å². The monoisotopic (exact) mass is 274 g/mol. The molecule has 0 atom stereocenters. The number of aryl methyl sites for hydroxylation is 2. The van der Waals surface area contributed by atoms with Gasteiger partial charge in [0.25, 0.3) is 5.91 Å². The largest absolute Gasteiger partial charge is 0.397 e. The lowest BCUT2D eigenvalue weighted by molar-refractivity contribution is 0.0963. The Bertz CT molecular complexity index is 615. The fourth-order valence-electron chi connectivity index (χ4n) is 1.93. The van der Waals surface area contributed by atoms with Gasteiger partial charge in [0.1, 0.15) is 5.76 Å².